The van der Waals surface area contributed by atoms with Crippen LogP contribution in [-0.4, -0.2) is 32.4 Å². The van der Waals surface area contributed by atoms with Crippen molar-refractivity contribution in [3.05, 3.63) is 96.1 Å². The molecule has 156 valence electrons. The van der Waals surface area contributed by atoms with Gasteiger partial charge in [-0.3, -0.25) is 10.0 Å². The molecule has 31 heavy (non-hydrogen) atoms. The Labute approximate surface area is 180 Å². The first-order valence-corrected chi connectivity index (χ1v) is 10.0. The van der Waals surface area contributed by atoms with E-state index in [9.17, 15) is 9.90 Å². The highest BCUT2D eigenvalue weighted by molar-refractivity contribution is 5.91. The van der Waals surface area contributed by atoms with Gasteiger partial charge in [-0.15, -0.1) is 0 Å². The Morgan fingerprint density at radius 3 is 2.58 bits per heavy atom. The van der Waals surface area contributed by atoms with Crippen molar-refractivity contribution in [2.24, 2.45) is 0 Å². The predicted molar refractivity (Wildman–Crippen MR) is 120 cm³/mol. The van der Waals surface area contributed by atoms with Crippen LogP contribution in [0.4, 0.5) is 0 Å². The van der Waals surface area contributed by atoms with Crippen molar-refractivity contribution in [2.75, 3.05) is 6.61 Å². The predicted octanol–water partition coefficient (Wildman–Crippen LogP) is 4.00. The van der Waals surface area contributed by atoms with Gasteiger partial charge < -0.3 is 9.67 Å². The fourth-order valence-corrected chi connectivity index (χ4v) is 3.73. The molecular weight excluding hydrogens is 390 g/mol. The molecule has 1 amide bonds. The lowest BCUT2D eigenvalue weighted by molar-refractivity contribution is -0.124. The average molecular weight is 413 g/mol. The molecule has 4 aromatic rings. The first kappa shape index (κ1) is 20.5. The molecule has 0 aliphatic carbocycles. The number of aliphatic hydroxyl groups excluding tert-OH is 1. The van der Waals surface area contributed by atoms with Crippen LogP contribution in [0.25, 0.3) is 28.5 Å². The standard InChI is InChI=1S/C25H23N3O3/c29-17-21(16-18-7-2-1-3-8-18)28-23-12-5-4-11-22(23)26-25(28)20-10-6-9-19(15-20)13-14-24(30)27-31/h1-15,21,29,31H,16-17H2,(H,27,30). The zero-order chi connectivity index (χ0) is 21.6. The molecule has 6 heteroatoms. The number of fused-ring (bicyclic) bond motifs is 1. The second kappa shape index (κ2) is 9.38. The molecule has 3 N–H and O–H groups in total. The van der Waals surface area contributed by atoms with E-state index < -0.39 is 5.91 Å². The van der Waals surface area contributed by atoms with E-state index in [0.29, 0.717) is 6.42 Å². The van der Waals surface area contributed by atoms with E-state index in [1.165, 1.54) is 6.08 Å². The number of hydrogen-bond acceptors (Lipinski definition) is 4. The summed E-state index contributed by atoms with van der Waals surface area (Å²) in [5.74, 6) is 0.152. The highest BCUT2D eigenvalue weighted by Gasteiger charge is 2.20. The minimum atomic E-state index is -0.596. The van der Waals surface area contributed by atoms with E-state index in [-0.39, 0.29) is 12.6 Å². The molecular formula is C25H23N3O3. The second-order valence-electron chi connectivity index (χ2n) is 7.26. The smallest absolute Gasteiger partial charge is 0.267 e. The Kier molecular flexibility index (Phi) is 6.21. The summed E-state index contributed by atoms with van der Waals surface area (Å²) < 4.78 is 2.09. The van der Waals surface area contributed by atoms with Crippen LogP contribution in [0.2, 0.25) is 0 Å². The summed E-state index contributed by atoms with van der Waals surface area (Å²) in [6.07, 6.45) is 3.55. The quantitative estimate of drug-likeness (QED) is 0.243. The number of rotatable bonds is 7. The third-order valence-corrected chi connectivity index (χ3v) is 5.17. The maximum atomic E-state index is 11.3. The van der Waals surface area contributed by atoms with Gasteiger partial charge in [0.05, 0.1) is 23.7 Å². The minimum absolute atomic E-state index is 0.0293. The number of nitrogens with zero attached hydrogens (tertiary/aromatic N) is 2. The van der Waals surface area contributed by atoms with Gasteiger partial charge in [0.15, 0.2) is 0 Å². The molecule has 0 aliphatic heterocycles. The van der Waals surface area contributed by atoms with E-state index in [1.54, 1.807) is 11.6 Å². The topological polar surface area (TPSA) is 87.4 Å². The van der Waals surface area contributed by atoms with Crippen molar-refractivity contribution >= 4 is 23.0 Å². The number of nitrogens with one attached hydrogen (secondary N) is 1. The molecule has 1 heterocycles. The third-order valence-electron chi connectivity index (χ3n) is 5.17. The summed E-state index contributed by atoms with van der Waals surface area (Å²) in [4.78, 5) is 16.2. The summed E-state index contributed by atoms with van der Waals surface area (Å²) >= 11 is 0. The van der Waals surface area contributed by atoms with Gasteiger partial charge in [-0.2, -0.15) is 0 Å². The second-order valence-corrected chi connectivity index (χ2v) is 7.26. The SMILES string of the molecule is O=C(C=Cc1cccc(-c2nc3ccccc3n2C(CO)Cc2ccccc2)c1)NO. The molecule has 1 aromatic heterocycles. The summed E-state index contributed by atoms with van der Waals surface area (Å²) in [5, 5.41) is 19.0. The molecule has 1 atom stereocenters. The maximum Gasteiger partial charge on any atom is 0.267 e. The number of para-hydroxylation sites is 2. The van der Waals surface area contributed by atoms with Crippen LogP contribution in [0.15, 0.2) is 84.9 Å². The largest absolute Gasteiger partial charge is 0.394 e. The number of carbonyl (C=O) groups excluding carboxylic acids is 1. The van der Waals surface area contributed by atoms with Crippen molar-refractivity contribution in [3.63, 3.8) is 0 Å². The van der Waals surface area contributed by atoms with Crippen LogP contribution in [0.5, 0.6) is 0 Å². The molecule has 1 unspecified atom stereocenters. The summed E-state index contributed by atoms with van der Waals surface area (Å²) in [7, 11) is 0. The van der Waals surface area contributed by atoms with Gasteiger partial charge in [0, 0.05) is 11.6 Å². The first-order chi connectivity index (χ1) is 15.2. The number of amides is 1. The van der Waals surface area contributed by atoms with Crippen molar-refractivity contribution in [1.29, 1.82) is 0 Å². The number of hydrogen-bond donors (Lipinski definition) is 3. The highest BCUT2D eigenvalue weighted by atomic mass is 16.5. The van der Waals surface area contributed by atoms with E-state index in [2.05, 4.69) is 16.7 Å². The van der Waals surface area contributed by atoms with Gasteiger partial charge >= 0.3 is 0 Å². The van der Waals surface area contributed by atoms with Crippen LogP contribution in [0.3, 0.4) is 0 Å². The number of aromatic nitrogens is 2. The molecule has 0 saturated heterocycles. The fraction of sp³-hybridized carbons (Fsp3) is 0.120. The zero-order valence-corrected chi connectivity index (χ0v) is 16.8. The average Bonchev–Trinajstić information content (AvgIpc) is 3.21. The molecule has 0 spiro atoms. The molecule has 0 saturated carbocycles. The molecule has 0 radical (unpaired) electrons. The van der Waals surface area contributed by atoms with Crippen LogP contribution in [0, 0.1) is 0 Å². The number of hydroxylamine groups is 1. The molecule has 0 fully saturated rings. The third kappa shape index (κ3) is 4.55. The zero-order valence-electron chi connectivity index (χ0n) is 16.8. The lowest BCUT2D eigenvalue weighted by Gasteiger charge is -2.20. The monoisotopic (exact) mass is 413 g/mol. The number of aliphatic hydroxyl groups is 1. The Hall–Kier alpha value is -3.74. The molecule has 6 nitrogen and oxygen atoms in total. The number of imidazole rings is 1. The highest BCUT2D eigenvalue weighted by Crippen LogP contribution is 2.30. The van der Waals surface area contributed by atoms with Crippen LogP contribution in [-0.2, 0) is 11.2 Å². The summed E-state index contributed by atoms with van der Waals surface area (Å²) in [6, 6.07) is 25.4. The molecule has 0 bridgehead atoms. The summed E-state index contributed by atoms with van der Waals surface area (Å²) in [6.45, 7) is -0.0293. The van der Waals surface area contributed by atoms with E-state index in [1.807, 2.05) is 66.7 Å². The maximum absolute atomic E-state index is 11.3. The van der Waals surface area contributed by atoms with Crippen LogP contribution < -0.4 is 5.48 Å². The Morgan fingerprint density at radius 1 is 1.03 bits per heavy atom. The lowest BCUT2D eigenvalue weighted by atomic mass is 10.0. The summed E-state index contributed by atoms with van der Waals surface area (Å²) in [5.41, 5.74) is 6.19. The molecule has 4 rings (SSSR count). The number of carbonyl (C=O) groups is 1. The molecule has 3 aromatic carbocycles. The fourth-order valence-electron chi connectivity index (χ4n) is 3.73. The van der Waals surface area contributed by atoms with Gasteiger partial charge in [-0.05, 0) is 41.8 Å². The van der Waals surface area contributed by atoms with E-state index in [4.69, 9.17) is 10.2 Å². The Bertz CT molecular complexity index is 1220. The van der Waals surface area contributed by atoms with Crippen molar-refractivity contribution in [1.82, 2.24) is 15.0 Å². The minimum Gasteiger partial charge on any atom is -0.394 e. The normalized spacial score (nSPS) is 12.3. The van der Waals surface area contributed by atoms with Crippen molar-refractivity contribution in [2.45, 2.75) is 12.5 Å². The van der Waals surface area contributed by atoms with Gasteiger partial charge in [0.2, 0.25) is 0 Å². The molecule has 0 aliphatic rings. The van der Waals surface area contributed by atoms with Gasteiger partial charge in [0.25, 0.3) is 5.91 Å². The van der Waals surface area contributed by atoms with Gasteiger partial charge in [-0.25, -0.2) is 10.5 Å². The van der Waals surface area contributed by atoms with E-state index in [0.717, 1.165) is 33.5 Å². The van der Waals surface area contributed by atoms with Crippen LogP contribution in [0.1, 0.15) is 17.2 Å². The van der Waals surface area contributed by atoms with E-state index >= 15 is 0 Å². The Morgan fingerprint density at radius 2 is 1.81 bits per heavy atom. The number of benzene rings is 3. The lowest BCUT2D eigenvalue weighted by Crippen LogP contribution is -2.17. The van der Waals surface area contributed by atoms with Crippen LogP contribution >= 0.6 is 0 Å². The first-order valence-electron chi connectivity index (χ1n) is 10.0. The van der Waals surface area contributed by atoms with Gasteiger partial charge in [0.1, 0.15) is 5.82 Å². The Balaban J connectivity index is 1.80. The van der Waals surface area contributed by atoms with Crippen molar-refractivity contribution in [3.8, 4) is 11.4 Å². The van der Waals surface area contributed by atoms with Gasteiger partial charge in [-0.1, -0.05) is 60.7 Å². The van der Waals surface area contributed by atoms with Crippen molar-refractivity contribution < 1.29 is 15.1 Å².